The molecule has 0 spiro atoms. The summed E-state index contributed by atoms with van der Waals surface area (Å²) in [7, 11) is 1.55. The molecular formula is C25H25N3O5. The zero-order valence-corrected chi connectivity index (χ0v) is 19.0. The Morgan fingerprint density at radius 1 is 1.06 bits per heavy atom. The molecule has 1 N–H and O–H groups in total. The lowest BCUT2D eigenvalue weighted by molar-refractivity contribution is 0.0933. The van der Waals surface area contributed by atoms with Gasteiger partial charge in [-0.3, -0.25) is 24.0 Å². The van der Waals surface area contributed by atoms with Crippen LogP contribution < -0.4 is 15.0 Å². The van der Waals surface area contributed by atoms with Gasteiger partial charge in [-0.25, -0.2) is 4.68 Å². The standard InChI is InChI=1S/C25H25N3O5/c1-5-12-33-19-10-11-22-20(13-19)21(14-27(22)16(3)29)23-15(2)28(26-24(23)30)25(31)17-6-8-18(32-4)9-7-17/h6-11,13-14H,5,12H2,1-4H3,(H,26,30). The number of hydrogen-bond acceptors (Lipinski definition) is 5. The molecule has 0 fully saturated rings. The van der Waals surface area contributed by atoms with Crippen LogP contribution in [0.5, 0.6) is 11.5 Å². The molecule has 2 heterocycles. The van der Waals surface area contributed by atoms with E-state index >= 15 is 0 Å². The summed E-state index contributed by atoms with van der Waals surface area (Å²) in [4.78, 5) is 38.3. The molecule has 0 radical (unpaired) electrons. The van der Waals surface area contributed by atoms with Crippen LogP contribution in [0, 0.1) is 6.92 Å². The van der Waals surface area contributed by atoms with Gasteiger partial charge in [0.25, 0.3) is 11.5 Å². The van der Waals surface area contributed by atoms with Gasteiger partial charge < -0.3 is 9.47 Å². The monoisotopic (exact) mass is 447 g/mol. The third-order valence-electron chi connectivity index (χ3n) is 5.54. The van der Waals surface area contributed by atoms with E-state index in [1.165, 1.54) is 16.2 Å². The molecule has 2 aromatic heterocycles. The van der Waals surface area contributed by atoms with Crippen LogP contribution in [0.2, 0.25) is 0 Å². The predicted octanol–water partition coefficient (Wildman–Crippen LogP) is 4.25. The molecule has 2 aromatic carbocycles. The second kappa shape index (κ2) is 8.82. The van der Waals surface area contributed by atoms with Crippen molar-refractivity contribution in [3.05, 3.63) is 70.3 Å². The molecule has 0 amide bonds. The molecule has 33 heavy (non-hydrogen) atoms. The van der Waals surface area contributed by atoms with E-state index in [1.807, 2.05) is 13.0 Å². The largest absolute Gasteiger partial charge is 0.497 e. The van der Waals surface area contributed by atoms with Gasteiger partial charge >= 0.3 is 0 Å². The number of ether oxygens (including phenoxy) is 2. The maximum absolute atomic E-state index is 13.1. The summed E-state index contributed by atoms with van der Waals surface area (Å²) in [6.45, 7) is 5.73. The number of aromatic amines is 1. The minimum Gasteiger partial charge on any atom is -0.497 e. The average molecular weight is 447 g/mol. The van der Waals surface area contributed by atoms with Crippen LogP contribution in [0.1, 0.15) is 41.1 Å². The van der Waals surface area contributed by atoms with Crippen LogP contribution in [0.4, 0.5) is 0 Å². The summed E-state index contributed by atoms with van der Waals surface area (Å²) in [5.74, 6) is 0.718. The molecule has 0 saturated carbocycles. The normalized spacial score (nSPS) is 11.0. The van der Waals surface area contributed by atoms with Gasteiger partial charge in [0.05, 0.1) is 30.5 Å². The number of methoxy groups -OCH3 is 1. The minimum atomic E-state index is -0.420. The number of rotatable bonds is 6. The van der Waals surface area contributed by atoms with E-state index < -0.39 is 5.56 Å². The Morgan fingerprint density at radius 3 is 2.39 bits per heavy atom. The Hall–Kier alpha value is -4.07. The van der Waals surface area contributed by atoms with Gasteiger partial charge in [-0.05, 0) is 55.8 Å². The van der Waals surface area contributed by atoms with E-state index in [2.05, 4.69) is 5.10 Å². The number of carbonyl (C=O) groups excluding carboxylic acids is 2. The van der Waals surface area contributed by atoms with Crippen LogP contribution in [-0.2, 0) is 0 Å². The highest BCUT2D eigenvalue weighted by molar-refractivity contribution is 6.03. The van der Waals surface area contributed by atoms with E-state index in [0.717, 1.165) is 6.42 Å². The van der Waals surface area contributed by atoms with E-state index in [1.54, 1.807) is 56.6 Å². The van der Waals surface area contributed by atoms with Crippen molar-refractivity contribution < 1.29 is 19.1 Å². The highest BCUT2D eigenvalue weighted by atomic mass is 16.5. The quantitative estimate of drug-likeness (QED) is 0.477. The fourth-order valence-corrected chi connectivity index (χ4v) is 3.88. The Bertz CT molecular complexity index is 1410. The molecule has 0 aliphatic carbocycles. The van der Waals surface area contributed by atoms with Crippen molar-refractivity contribution in [2.75, 3.05) is 13.7 Å². The fourth-order valence-electron chi connectivity index (χ4n) is 3.88. The third-order valence-corrected chi connectivity index (χ3v) is 5.54. The van der Waals surface area contributed by atoms with Crippen LogP contribution in [0.15, 0.2) is 53.5 Å². The van der Waals surface area contributed by atoms with Crippen LogP contribution >= 0.6 is 0 Å². The number of nitrogens with zero attached hydrogens (tertiary/aromatic N) is 2. The summed E-state index contributed by atoms with van der Waals surface area (Å²) in [6, 6.07) is 12.1. The number of benzene rings is 2. The SMILES string of the molecule is CCCOc1ccc2c(c1)c(-c1c(C)n(C(=O)c3ccc(OC)cc3)[nH]c1=O)cn2C(C)=O. The van der Waals surface area contributed by atoms with E-state index in [9.17, 15) is 14.4 Å². The second-order valence-electron chi connectivity index (χ2n) is 7.73. The lowest BCUT2D eigenvalue weighted by atomic mass is 10.1. The number of H-pyrrole nitrogens is 1. The molecule has 0 aliphatic rings. The van der Waals surface area contributed by atoms with Gasteiger partial charge in [-0.15, -0.1) is 0 Å². The van der Waals surface area contributed by atoms with Crippen LogP contribution in [0.3, 0.4) is 0 Å². The zero-order valence-electron chi connectivity index (χ0n) is 19.0. The minimum absolute atomic E-state index is 0.184. The highest BCUT2D eigenvalue weighted by Crippen LogP contribution is 2.33. The molecule has 8 heteroatoms. The molecule has 0 atom stereocenters. The summed E-state index contributed by atoms with van der Waals surface area (Å²) in [6.07, 6.45) is 2.49. The Morgan fingerprint density at radius 2 is 1.76 bits per heavy atom. The topological polar surface area (TPSA) is 95.3 Å². The lowest BCUT2D eigenvalue weighted by Gasteiger charge is -2.07. The summed E-state index contributed by atoms with van der Waals surface area (Å²) < 4.78 is 13.6. The first-order valence-electron chi connectivity index (χ1n) is 10.6. The average Bonchev–Trinajstić information content (AvgIpc) is 3.33. The molecule has 8 nitrogen and oxygen atoms in total. The first kappa shape index (κ1) is 22.1. The van der Waals surface area contributed by atoms with Crippen molar-refractivity contribution in [2.24, 2.45) is 0 Å². The molecule has 0 unspecified atom stereocenters. The second-order valence-corrected chi connectivity index (χ2v) is 7.73. The molecule has 0 bridgehead atoms. The third kappa shape index (κ3) is 3.95. The number of nitrogens with one attached hydrogen (secondary N) is 1. The lowest BCUT2D eigenvalue weighted by Crippen LogP contribution is -2.17. The number of hydrogen-bond donors (Lipinski definition) is 1. The van der Waals surface area contributed by atoms with Crippen molar-refractivity contribution >= 4 is 22.7 Å². The maximum atomic E-state index is 13.1. The Labute approximate surface area is 190 Å². The van der Waals surface area contributed by atoms with Gasteiger partial charge in [0.15, 0.2) is 0 Å². The van der Waals surface area contributed by atoms with Crippen molar-refractivity contribution in [1.82, 2.24) is 14.3 Å². The number of aromatic nitrogens is 3. The molecule has 0 aliphatic heterocycles. The smallest absolute Gasteiger partial charge is 0.276 e. The summed E-state index contributed by atoms with van der Waals surface area (Å²) in [5.41, 5.74) is 1.98. The molecular weight excluding hydrogens is 422 g/mol. The van der Waals surface area contributed by atoms with Crippen molar-refractivity contribution in [3.8, 4) is 22.6 Å². The van der Waals surface area contributed by atoms with Gasteiger partial charge in [-0.1, -0.05) is 6.92 Å². The first-order valence-corrected chi connectivity index (χ1v) is 10.6. The molecule has 4 rings (SSSR count). The van der Waals surface area contributed by atoms with Crippen LogP contribution in [-0.4, -0.2) is 39.9 Å². The Kier molecular flexibility index (Phi) is 5.91. The van der Waals surface area contributed by atoms with E-state index in [0.29, 0.717) is 51.4 Å². The molecule has 170 valence electrons. The predicted molar refractivity (Wildman–Crippen MR) is 126 cm³/mol. The zero-order chi connectivity index (χ0) is 23.7. The highest BCUT2D eigenvalue weighted by Gasteiger charge is 2.23. The summed E-state index contributed by atoms with van der Waals surface area (Å²) in [5, 5.41) is 3.34. The molecule has 4 aromatic rings. The number of carbonyl (C=O) groups is 2. The molecule has 0 saturated heterocycles. The van der Waals surface area contributed by atoms with Crippen LogP contribution in [0.25, 0.3) is 22.0 Å². The van der Waals surface area contributed by atoms with E-state index in [4.69, 9.17) is 9.47 Å². The maximum Gasteiger partial charge on any atom is 0.276 e. The summed E-state index contributed by atoms with van der Waals surface area (Å²) >= 11 is 0. The van der Waals surface area contributed by atoms with E-state index in [-0.39, 0.29) is 11.8 Å². The van der Waals surface area contributed by atoms with Crippen molar-refractivity contribution in [3.63, 3.8) is 0 Å². The number of fused-ring (bicyclic) bond motifs is 1. The van der Waals surface area contributed by atoms with Gasteiger partial charge in [0.2, 0.25) is 5.91 Å². The van der Waals surface area contributed by atoms with Crippen molar-refractivity contribution in [2.45, 2.75) is 27.2 Å². The van der Waals surface area contributed by atoms with Gasteiger partial charge in [0.1, 0.15) is 11.5 Å². The van der Waals surface area contributed by atoms with Gasteiger partial charge in [0, 0.05) is 29.6 Å². The van der Waals surface area contributed by atoms with Crippen molar-refractivity contribution in [1.29, 1.82) is 0 Å². The fraction of sp³-hybridized carbons (Fsp3) is 0.240. The van der Waals surface area contributed by atoms with Gasteiger partial charge in [-0.2, -0.15) is 0 Å². The first-order chi connectivity index (χ1) is 15.8. The Balaban J connectivity index is 1.86.